The molecular formula is C10H15N3O2. The Kier molecular flexibility index (Phi) is 4.56. The van der Waals surface area contributed by atoms with Gasteiger partial charge in [0.1, 0.15) is 0 Å². The van der Waals surface area contributed by atoms with Crippen molar-refractivity contribution in [1.29, 1.82) is 0 Å². The highest BCUT2D eigenvalue weighted by molar-refractivity contribution is 5.73. The summed E-state index contributed by atoms with van der Waals surface area (Å²) in [6, 6.07) is 3.15. The normalized spacial score (nSPS) is 11.9. The Morgan fingerprint density at radius 1 is 1.47 bits per heavy atom. The molecule has 3 N–H and O–H groups in total. The molecule has 0 radical (unpaired) electrons. The second-order valence-electron chi connectivity index (χ2n) is 3.04. The molecule has 82 valence electrons. The summed E-state index contributed by atoms with van der Waals surface area (Å²) < 4.78 is 0. The number of nitrogens with zero attached hydrogens (tertiary/aromatic N) is 1. The fourth-order valence-electron chi connectivity index (χ4n) is 1.12. The lowest BCUT2D eigenvalue weighted by Gasteiger charge is -2.11. The van der Waals surface area contributed by atoms with Crippen LogP contribution in [-0.2, 0) is 0 Å². The van der Waals surface area contributed by atoms with Crippen molar-refractivity contribution in [1.82, 2.24) is 15.6 Å². The van der Waals surface area contributed by atoms with Crippen LogP contribution in [0.4, 0.5) is 4.79 Å². The highest BCUT2D eigenvalue weighted by atomic mass is 16.3. The van der Waals surface area contributed by atoms with E-state index in [1.807, 2.05) is 6.92 Å². The molecule has 0 aliphatic rings. The van der Waals surface area contributed by atoms with Crippen LogP contribution >= 0.6 is 0 Å². The first-order chi connectivity index (χ1) is 7.24. The van der Waals surface area contributed by atoms with Crippen LogP contribution in [0.3, 0.4) is 0 Å². The molecule has 15 heavy (non-hydrogen) atoms. The number of carbonyl (C=O) groups is 1. The molecule has 0 spiro atoms. The van der Waals surface area contributed by atoms with Gasteiger partial charge in [0.25, 0.3) is 0 Å². The zero-order valence-corrected chi connectivity index (χ0v) is 8.60. The fourth-order valence-corrected chi connectivity index (χ4v) is 1.12. The molecule has 0 aromatic carbocycles. The van der Waals surface area contributed by atoms with E-state index in [4.69, 9.17) is 0 Å². The standard InChI is InChI=1S/C10H15N3O2/c1-2-12-10(15)13-7-9(14)8-3-5-11-6-4-8/h3-6,9,14H,2,7H2,1H3,(H2,12,13,15). The van der Waals surface area contributed by atoms with Gasteiger partial charge in [-0.05, 0) is 24.6 Å². The van der Waals surface area contributed by atoms with Gasteiger partial charge in [0.15, 0.2) is 0 Å². The van der Waals surface area contributed by atoms with Crippen molar-refractivity contribution in [3.05, 3.63) is 30.1 Å². The van der Waals surface area contributed by atoms with Crippen molar-refractivity contribution >= 4 is 6.03 Å². The number of aromatic nitrogens is 1. The Bertz CT molecular complexity index is 303. The predicted octanol–water partition coefficient (Wildman–Crippen LogP) is 0.434. The summed E-state index contributed by atoms with van der Waals surface area (Å²) in [7, 11) is 0. The van der Waals surface area contributed by atoms with Crippen LogP contribution in [0, 0.1) is 0 Å². The van der Waals surface area contributed by atoms with Crippen LogP contribution in [-0.4, -0.2) is 29.2 Å². The van der Waals surface area contributed by atoms with Crippen molar-refractivity contribution < 1.29 is 9.90 Å². The number of hydrogen-bond donors (Lipinski definition) is 3. The van der Waals surface area contributed by atoms with Gasteiger partial charge in [0.2, 0.25) is 0 Å². The van der Waals surface area contributed by atoms with Crippen LogP contribution in [0.25, 0.3) is 0 Å². The minimum atomic E-state index is -0.699. The molecule has 0 aliphatic heterocycles. The van der Waals surface area contributed by atoms with Crippen molar-refractivity contribution in [2.45, 2.75) is 13.0 Å². The molecule has 5 heteroatoms. The van der Waals surface area contributed by atoms with Gasteiger partial charge in [0.05, 0.1) is 6.10 Å². The minimum absolute atomic E-state index is 0.190. The second kappa shape index (κ2) is 5.98. The Balaban J connectivity index is 2.37. The smallest absolute Gasteiger partial charge is 0.314 e. The number of rotatable bonds is 4. The maximum atomic E-state index is 11.0. The number of pyridine rings is 1. The lowest BCUT2D eigenvalue weighted by atomic mass is 10.1. The molecule has 1 rings (SSSR count). The summed E-state index contributed by atoms with van der Waals surface area (Å²) in [6.45, 7) is 2.59. The fraction of sp³-hybridized carbons (Fsp3) is 0.400. The molecular weight excluding hydrogens is 194 g/mol. The highest BCUT2D eigenvalue weighted by Crippen LogP contribution is 2.08. The number of urea groups is 1. The molecule has 0 saturated heterocycles. The summed E-state index contributed by atoms with van der Waals surface area (Å²) >= 11 is 0. The third-order valence-corrected chi connectivity index (χ3v) is 1.88. The van der Waals surface area contributed by atoms with E-state index in [0.717, 1.165) is 5.56 Å². The first-order valence-electron chi connectivity index (χ1n) is 4.83. The van der Waals surface area contributed by atoms with E-state index < -0.39 is 6.10 Å². The van der Waals surface area contributed by atoms with E-state index in [0.29, 0.717) is 6.54 Å². The molecule has 1 aromatic rings. The van der Waals surface area contributed by atoms with Crippen molar-refractivity contribution in [3.8, 4) is 0 Å². The largest absolute Gasteiger partial charge is 0.387 e. The van der Waals surface area contributed by atoms with E-state index in [-0.39, 0.29) is 12.6 Å². The zero-order valence-electron chi connectivity index (χ0n) is 8.60. The molecule has 1 heterocycles. The quantitative estimate of drug-likeness (QED) is 0.673. The molecule has 0 saturated carbocycles. The highest BCUT2D eigenvalue weighted by Gasteiger charge is 2.07. The topological polar surface area (TPSA) is 74.2 Å². The van der Waals surface area contributed by atoms with Crippen LogP contribution in [0.1, 0.15) is 18.6 Å². The minimum Gasteiger partial charge on any atom is -0.387 e. The van der Waals surface area contributed by atoms with Gasteiger partial charge >= 0.3 is 6.03 Å². The van der Waals surface area contributed by atoms with Gasteiger partial charge in [0, 0.05) is 25.5 Å². The number of amides is 2. The number of aliphatic hydroxyl groups is 1. The van der Waals surface area contributed by atoms with Gasteiger partial charge in [-0.1, -0.05) is 0 Å². The van der Waals surface area contributed by atoms with Gasteiger partial charge in [-0.15, -0.1) is 0 Å². The maximum absolute atomic E-state index is 11.0. The van der Waals surface area contributed by atoms with Crippen LogP contribution < -0.4 is 10.6 Å². The molecule has 1 atom stereocenters. The summed E-state index contributed by atoms with van der Waals surface area (Å²) in [6.07, 6.45) is 2.51. The first kappa shape index (κ1) is 11.5. The molecule has 1 unspecified atom stereocenters. The van der Waals surface area contributed by atoms with E-state index in [1.54, 1.807) is 24.5 Å². The molecule has 1 aromatic heterocycles. The number of carbonyl (C=O) groups excluding carboxylic acids is 1. The van der Waals surface area contributed by atoms with E-state index in [2.05, 4.69) is 15.6 Å². The molecule has 2 amide bonds. The average molecular weight is 209 g/mol. The summed E-state index contributed by atoms with van der Waals surface area (Å²) in [5.41, 5.74) is 0.738. The maximum Gasteiger partial charge on any atom is 0.314 e. The third-order valence-electron chi connectivity index (χ3n) is 1.88. The number of nitrogens with one attached hydrogen (secondary N) is 2. The van der Waals surface area contributed by atoms with Gasteiger partial charge in [-0.3, -0.25) is 4.98 Å². The average Bonchev–Trinajstić information content (AvgIpc) is 2.27. The summed E-state index contributed by atoms with van der Waals surface area (Å²) in [5.74, 6) is 0. The molecule has 0 fully saturated rings. The molecule has 5 nitrogen and oxygen atoms in total. The van der Waals surface area contributed by atoms with Gasteiger partial charge in [-0.25, -0.2) is 4.79 Å². The Hall–Kier alpha value is -1.62. The Morgan fingerprint density at radius 2 is 2.13 bits per heavy atom. The van der Waals surface area contributed by atoms with Crippen LogP contribution in [0.2, 0.25) is 0 Å². The van der Waals surface area contributed by atoms with Gasteiger partial charge < -0.3 is 15.7 Å². The van der Waals surface area contributed by atoms with E-state index >= 15 is 0 Å². The number of hydrogen-bond acceptors (Lipinski definition) is 3. The van der Waals surface area contributed by atoms with E-state index in [1.165, 1.54) is 0 Å². The Morgan fingerprint density at radius 3 is 2.73 bits per heavy atom. The number of aliphatic hydroxyl groups excluding tert-OH is 1. The molecule has 0 aliphatic carbocycles. The summed E-state index contributed by atoms with van der Waals surface area (Å²) in [5, 5.41) is 14.8. The second-order valence-corrected chi connectivity index (χ2v) is 3.04. The first-order valence-corrected chi connectivity index (χ1v) is 4.83. The Labute approximate surface area is 88.5 Å². The molecule has 0 bridgehead atoms. The summed E-state index contributed by atoms with van der Waals surface area (Å²) in [4.78, 5) is 14.9. The monoisotopic (exact) mass is 209 g/mol. The van der Waals surface area contributed by atoms with Crippen molar-refractivity contribution in [2.75, 3.05) is 13.1 Å². The SMILES string of the molecule is CCNC(=O)NCC(O)c1ccncc1. The van der Waals surface area contributed by atoms with Crippen LogP contribution in [0.15, 0.2) is 24.5 Å². The van der Waals surface area contributed by atoms with Gasteiger partial charge in [-0.2, -0.15) is 0 Å². The van der Waals surface area contributed by atoms with Crippen LogP contribution in [0.5, 0.6) is 0 Å². The third kappa shape index (κ3) is 3.95. The van der Waals surface area contributed by atoms with Crippen molar-refractivity contribution in [3.63, 3.8) is 0 Å². The lowest BCUT2D eigenvalue weighted by Crippen LogP contribution is -2.37. The lowest BCUT2D eigenvalue weighted by molar-refractivity contribution is 0.173. The van der Waals surface area contributed by atoms with Crippen molar-refractivity contribution in [2.24, 2.45) is 0 Å². The van der Waals surface area contributed by atoms with E-state index in [9.17, 15) is 9.90 Å². The predicted molar refractivity (Wildman–Crippen MR) is 56.3 cm³/mol. The zero-order chi connectivity index (χ0) is 11.1.